The molecule has 1 aromatic carbocycles. The SMILES string of the molecule is CCCc1sc(C(=O)N2CCOC(c3cccc(O)c3)C2)cc1CC. The molecular formula is C20H25NO3S. The summed E-state index contributed by atoms with van der Waals surface area (Å²) in [5.41, 5.74) is 2.21. The number of aryl methyl sites for hydroxylation is 2. The molecule has 1 amide bonds. The minimum atomic E-state index is -0.189. The summed E-state index contributed by atoms with van der Waals surface area (Å²) in [4.78, 5) is 17.0. The van der Waals surface area contributed by atoms with Gasteiger partial charge in [-0.2, -0.15) is 0 Å². The average molecular weight is 359 g/mol. The Bertz CT molecular complexity index is 740. The molecule has 1 N–H and O–H groups in total. The molecule has 1 unspecified atom stereocenters. The first-order valence-electron chi connectivity index (χ1n) is 8.93. The molecule has 25 heavy (non-hydrogen) atoms. The Balaban J connectivity index is 1.76. The number of benzene rings is 1. The molecule has 1 aliphatic rings. The normalized spacial score (nSPS) is 17.7. The molecule has 0 spiro atoms. The molecular weight excluding hydrogens is 334 g/mol. The second kappa shape index (κ2) is 8.02. The third kappa shape index (κ3) is 4.05. The maximum absolute atomic E-state index is 13.0. The largest absolute Gasteiger partial charge is 0.508 e. The number of carbonyl (C=O) groups excluding carboxylic acids is 1. The highest BCUT2D eigenvalue weighted by atomic mass is 32.1. The first kappa shape index (κ1) is 18.0. The quantitative estimate of drug-likeness (QED) is 0.871. The van der Waals surface area contributed by atoms with Gasteiger partial charge in [-0.05, 0) is 42.2 Å². The van der Waals surface area contributed by atoms with Gasteiger partial charge in [0.25, 0.3) is 5.91 Å². The zero-order valence-corrected chi connectivity index (χ0v) is 15.6. The molecule has 0 saturated carbocycles. The summed E-state index contributed by atoms with van der Waals surface area (Å²) in [6, 6.07) is 9.15. The standard InChI is InChI=1S/C20H25NO3S/c1-3-6-18-14(4-2)12-19(25-18)20(23)21-9-10-24-17(13-21)15-7-5-8-16(22)11-15/h5,7-8,11-12,17,22H,3-4,6,9-10,13H2,1-2H3. The summed E-state index contributed by atoms with van der Waals surface area (Å²) in [5, 5.41) is 9.67. The number of thiophene rings is 1. The van der Waals surface area contributed by atoms with Crippen molar-refractivity contribution in [1.82, 2.24) is 4.90 Å². The van der Waals surface area contributed by atoms with E-state index in [0.29, 0.717) is 19.7 Å². The van der Waals surface area contributed by atoms with E-state index in [2.05, 4.69) is 19.9 Å². The number of aromatic hydroxyl groups is 1. The van der Waals surface area contributed by atoms with Crippen molar-refractivity contribution in [1.29, 1.82) is 0 Å². The van der Waals surface area contributed by atoms with Crippen molar-refractivity contribution < 1.29 is 14.6 Å². The smallest absolute Gasteiger partial charge is 0.264 e. The van der Waals surface area contributed by atoms with E-state index in [4.69, 9.17) is 4.74 Å². The molecule has 2 heterocycles. The molecule has 5 heteroatoms. The summed E-state index contributed by atoms with van der Waals surface area (Å²) >= 11 is 1.64. The summed E-state index contributed by atoms with van der Waals surface area (Å²) in [6.07, 6.45) is 2.91. The summed E-state index contributed by atoms with van der Waals surface area (Å²) < 4.78 is 5.82. The van der Waals surface area contributed by atoms with Gasteiger partial charge in [-0.15, -0.1) is 11.3 Å². The van der Waals surface area contributed by atoms with Crippen LogP contribution >= 0.6 is 11.3 Å². The summed E-state index contributed by atoms with van der Waals surface area (Å²) in [6.45, 7) is 5.95. The number of ether oxygens (including phenoxy) is 1. The molecule has 2 aromatic rings. The zero-order chi connectivity index (χ0) is 17.8. The zero-order valence-electron chi connectivity index (χ0n) is 14.8. The minimum absolute atomic E-state index is 0.0931. The maximum atomic E-state index is 13.0. The average Bonchev–Trinajstić information content (AvgIpc) is 3.04. The predicted octanol–water partition coefficient (Wildman–Crippen LogP) is 4.18. The molecule has 0 bridgehead atoms. The van der Waals surface area contributed by atoms with Crippen LogP contribution in [0.3, 0.4) is 0 Å². The van der Waals surface area contributed by atoms with E-state index in [0.717, 1.165) is 29.7 Å². The highest BCUT2D eigenvalue weighted by molar-refractivity contribution is 7.14. The van der Waals surface area contributed by atoms with Crippen LogP contribution in [0.15, 0.2) is 30.3 Å². The van der Waals surface area contributed by atoms with E-state index in [1.54, 1.807) is 29.5 Å². The van der Waals surface area contributed by atoms with Gasteiger partial charge in [0.2, 0.25) is 0 Å². The molecule has 1 fully saturated rings. The number of rotatable bonds is 5. The highest BCUT2D eigenvalue weighted by Crippen LogP contribution is 2.29. The number of amides is 1. The summed E-state index contributed by atoms with van der Waals surface area (Å²) in [7, 11) is 0. The lowest BCUT2D eigenvalue weighted by Gasteiger charge is -2.33. The topological polar surface area (TPSA) is 49.8 Å². The molecule has 4 nitrogen and oxygen atoms in total. The lowest BCUT2D eigenvalue weighted by Crippen LogP contribution is -2.42. The Hall–Kier alpha value is -1.85. The van der Waals surface area contributed by atoms with Gasteiger partial charge in [0, 0.05) is 11.4 Å². The van der Waals surface area contributed by atoms with Gasteiger partial charge < -0.3 is 14.7 Å². The van der Waals surface area contributed by atoms with Crippen molar-refractivity contribution in [2.45, 2.75) is 39.2 Å². The van der Waals surface area contributed by atoms with Gasteiger partial charge in [0.1, 0.15) is 11.9 Å². The number of phenols is 1. The third-order valence-electron chi connectivity index (χ3n) is 4.56. The Morgan fingerprint density at radius 1 is 1.36 bits per heavy atom. The van der Waals surface area contributed by atoms with E-state index in [-0.39, 0.29) is 17.8 Å². The molecule has 0 aliphatic carbocycles. The van der Waals surface area contributed by atoms with Crippen LogP contribution in [0.4, 0.5) is 0 Å². The van der Waals surface area contributed by atoms with Crippen molar-refractivity contribution in [2.24, 2.45) is 0 Å². The molecule has 0 radical (unpaired) electrons. The number of nitrogens with zero attached hydrogens (tertiary/aromatic N) is 1. The second-order valence-corrected chi connectivity index (χ2v) is 7.50. The minimum Gasteiger partial charge on any atom is -0.508 e. The van der Waals surface area contributed by atoms with Crippen LogP contribution in [0.1, 0.15) is 52.0 Å². The molecule has 1 aliphatic heterocycles. The van der Waals surface area contributed by atoms with Gasteiger partial charge in [0.15, 0.2) is 0 Å². The Morgan fingerprint density at radius 3 is 2.92 bits per heavy atom. The van der Waals surface area contributed by atoms with Gasteiger partial charge in [-0.25, -0.2) is 0 Å². The fourth-order valence-electron chi connectivity index (χ4n) is 3.23. The van der Waals surface area contributed by atoms with Gasteiger partial charge >= 0.3 is 0 Å². The van der Waals surface area contributed by atoms with Crippen LogP contribution < -0.4 is 0 Å². The van der Waals surface area contributed by atoms with Gasteiger partial charge in [-0.1, -0.05) is 32.4 Å². The first-order chi connectivity index (χ1) is 12.1. The number of carbonyl (C=O) groups is 1. The van der Waals surface area contributed by atoms with E-state index in [9.17, 15) is 9.90 Å². The molecule has 134 valence electrons. The lowest BCUT2D eigenvalue weighted by molar-refractivity contribution is -0.0227. The molecule has 1 saturated heterocycles. The van der Waals surface area contributed by atoms with Crippen LogP contribution in [0.2, 0.25) is 0 Å². The van der Waals surface area contributed by atoms with E-state index >= 15 is 0 Å². The van der Waals surface area contributed by atoms with E-state index < -0.39 is 0 Å². The van der Waals surface area contributed by atoms with Crippen molar-refractivity contribution >= 4 is 17.2 Å². The number of hydrogen-bond acceptors (Lipinski definition) is 4. The Morgan fingerprint density at radius 2 is 2.20 bits per heavy atom. The maximum Gasteiger partial charge on any atom is 0.264 e. The van der Waals surface area contributed by atoms with Crippen molar-refractivity contribution in [3.8, 4) is 5.75 Å². The highest BCUT2D eigenvalue weighted by Gasteiger charge is 2.27. The molecule has 1 atom stereocenters. The Labute approximate surface area is 153 Å². The molecule has 1 aromatic heterocycles. The van der Waals surface area contributed by atoms with E-state index in [1.165, 1.54) is 10.4 Å². The fraction of sp³-hybridized carbons (Fsp3) is 0.450. The van der Waals surface area contributed by atoms with Crippen molar-refractivity contribution in [2.75, 3.05) is 19.7 Å². The Kier molecular flexibility index (Phi) is 5.76. The van der Waals surface area contributed by atoms with Crippen LogP contribution in [0.5, 0.6) is 5.75 Å². The number of morpholine rings is 1. The number of hydrogen-bond donors (Lipinski definition) is 1. The number of phenolic OH excluding ortho intramolecular Hbond substituents is 1. The predicted molar refractivity (Wildman–Crippen MR) is 100 cm³/mol. The van der Waals surface area contributed by atoms with Gasteiger partial charge in [0.05, 0.1) is 18.0 Å². The van der Waals surface area contributed by atoms with Crippen molar-refractivity contribution in [3.05, 3.63) is 51.2 Å². The van der Waals surface area contributed by atoms with Crippen LogP contribution in [-0.4, -0.2) is 35.6 Å². The molecule has 3 rings (SSSR count). The van der Waals surface area contributed by atoms with Crippen LogP contribution in [0.25, 0.3) is 0 Å². The van der Waals surface area contributed by atoms with Gasteiger partial charge in [-0.3, -0.25) is 4.79 Å². The first-order valence-corrected chi connectivity index (χ1v) is 9.75. The summed E-state index contributed by atoms with van der Waals surface area (Å²) in [5.74, 6) is 0.315. The van der Waals surface area contributed by atoms with Crippen LogP contribution in [0, 0.1) is 0 Å². The lowest BCUT2D eigenvalue weighted by atomic mass is 10.1. The fourth-order valence-corrected chi connectivity index (χ4v) is 4.55. The van der Waals surface area contributed by atoms with E-state index in [1.807, 2.05) is 11.0 Å². The second-order valence-electron chi connectivity index (χ2n) is 6.37. The monoisotopic (exact) mass is 359 g/mol. The van der Waals surface area contributed by atoms with Crippen LogP contribution in [-0.2, 0) is 17.6 Å². The van der Waals surface area contributed by atoms with Crippen molar-refractivity contribution in [3.63, 3.8) is 0 Å². The third-order valence-corrected chi connectivity index (χ3v) is 5.79.